The van der Waals surface area contributed by atoms with Gasteiger partial charge in [0.2, 0.25) is 6.79 Å². The van der Waals surface area contributed by atoms with Gasteiger partial charge in [-0.1, -0.05) is 18.6 Å². The Hall–Kier alpha value is -1.51. The van der Waals surface area contributed by atoms with Crippen molar-refractivity contribution in [3.63, 3.8) is 0 Å². The van der Waals surface area contributed by atoms with Gasteiger partial charge in [0.15, 0.2) is 11.5 Å². The standard InChI is InChI=1S/C12H12O3/c13-7-12(5-2-6-12)9-3-1-4-10-11(9)15-8-14-10/h1,3-4,7H,2,5-6,8H2. The number of ether oxygens (including phenoxy) is 2. The zero-order chi connectivity index (χ0) is 10.3. The van der Waals surface area contributed by atoms with Crippen molar-refractivity contribution in [2.45, 2.75) is 24.7 Å². The lowest BCUT2D eigenvalue weighted by Gasteiger charge is -2.37. The van der Waals surface area contributed by atoms with Gasteiger partial charge < -0.3 is 14.3 Å². The summed E-state index contributed by atoms with van der Waals surface area (Å²) >= 11 is 0. The Balaban J connectivity index is 2.12. The predicted octanol–water partition coefficient (Wildman–Crippen LogP) is 2.04. The van der Waals surface area contributed by atoms with E-state index in [1.165, 1.54) is 0 Å². The molecule has 0 radical (unpaired) electrons. The van der Waals surface area contributed by atoms with E-state index in [4.69, 9.17) is 9.47 Å². The van der Waals surface area contributed by atoms with Crippen molar-refractivity contribution in [3.05, 3.63) is 23.8 Å². The third kappa shape index (κ3) is 1.09. The van der Waals surface area contributed by atoms with E-state index < -0.39 is 0 Å². The van der Waals surface area contributed by atoms with Crippen molar-refractivity contribution in [2.24, 2.45) is 0 Å². The first-order chi connectivity index (χ1) is 7.36. The summed E-state index contributed by atoms with van der Waals surface area (Å²) in [7, 11) is 0. The third-order valence-corrected chi connectivity index (χ3v) is 3.40. The number of carbonyl (C=O) groups excluding carboxylic acids is 1. The lowest BCUT2D eigenvalue weighted by atomic mass is 9.65. The van der Waals surface area contributed by atoms with E-state index in [-0.39, 0.29) is 12.2 Å². The molecule has 1 heterocycles. The van der Waals surface area contributed by atoms with Crippen LogP contribution < -0.4 is 9.47 Å². The average molecular weight is 204 g/mol. The number of rotatable bonds is 2. The molecule has 1 aromatic carbocycles. The monoisotopic (exact) mass is 204 g/mol. The average Bonchev–Trinajstić information content (AvgIpc) is 2.65. The second kappa shape index (κ2) is 2.99. The van der Waals surface area contributed by atoms with Crippen LogP contribution in [0.3, 0.4) is 0 Å². The van der Waals surface area contributed by atoms with Crippen molar-refractivity contribution in [1.29, 1.82) is 0 Å². The summed E-state index contributed by atoms with van der Waals surface area (Å²) in [6, 6.07) is 5.77. The van der Waals surface area contributed by atoms with Crippen LogP contribution in [0.15, 0.2) is 18.2 Å². The Kier molecular flexibility index (Phi) is 1.75. The minimum absolute atomic E-state index is 0.265. The summed E-state index contributed by atoms with van der Waals surface area (Å²) in [4.78, 5) is 11.2. The quantitative estimate of drug-likeness (QED) is 0.691. The van der Waals surface area contributed by atoms with Crippen molar-refractivity contribution in [3.8, 4) is 11.5 Å². The van der Waals surface area contributed by atoms with Gasteiger partial charge >= 0.3 is 0 Å². The molecular weight excluding hydrogens is 192 g/mol. The van der Waals surface area contributed by atoms with Crippen LogP contribution >= 0.6 is 0 Å². The van der Waals surface area contributed by atoms with E-state index in [9.17, 15) is 4.79 Å². The van der Waals surface area contributed by atoms with E-state index in [0.717, 1.165) is 42.6 Å². The first kappa shape index (κ1) is 8.77. The Labute approximate surface area is 88.0 Å². The van der Waals surface area contributed by atoms with E-state index in [2.05, 4.69) is 0 Å². The Morgan fingerprint density at radius 2 is 2.13 bits per heavy atom. The molecule has 0 amide bonds. The van der Waals surface area contributed by atoms with Crippen molar-refractivity contribution < 1.29 is 14.3 Å². The van der Waals surface area contributed by atoms with Crippen LogP contribution in [0.2, 0.25) is 0 Å². The molecule has 0 bridgehead atoms. The fraction of sp³-hybridized carbons (Fsp3) is 0.417. The third-order valence-electron chi connectivity index (χ3n) is 3.40. The maximum Gasteiger partial charge on any atom is 0.231 e. The minimum atomic E-state index is -0.307. The molecule has 15 heavy (non-hydrogen) atoms. The maximum atomic E-state index is 11.2. The molecule has 1 aliphatic heterocycles. The zero-order valence-corrected chi connectivity index (χ0v) is 8.36. The fourth-order valence-electron chi connectivity index (χ4n) is 2.33. The molecule has 0 aromatic heterocycles. The van der Waals surface area contributed by atoms with Crippen LogP contribution in [0.4, 0.5) is 0 Å². The molecule has 0 unspecified atom stereocenters. The predicted molar refractivity (Wildman–Crippen MR) is 54.2 cm³/mol. The number of para-hydroxylation sites is 1. The van der Waals surface area contributed by atoms with Crippen LogP contribution in [0.25, 0.3) is 0 Å². The van der Waals surface area contributed by atoms with Gasteiger partial charge in [0, 0.05) is 5.56 Å². The molecular formula is C12H12O3. The summed E-state index contributed by atoms with van der Waals surface area (Å²) in [5, 5.41) is 0. The van der Waals surface area contributed by atoms with Crippen LogP contribution in [-0.2, 0) is 10.2 Å². The number of benzene rings is 1. The number of hydrogen-bond donors (Lipinski definition) is 0. The SMILES string of the molecule is O=CC1(c2cccc3c2OCO3)CCC1. The highest BCUT2D eigenvalue weighted by Crippen LogP contribution is 2.49. The van der Waals surface area contributed by atoms with Gasteiger partial charge in [0.25, 0.3) is 0 Å². The topological polar surface area (TPSA) is 35.5 Å². The molecule has 0 N–H and O–H groups in total. The van der Waals surface area contributed by atoms with Crippen molar-refractivity contribution >= 4 is 6.29 Å². The first-order valence-corrected chi connectivity index (χ1v) is 5.21. The largest absolute Gasteiger partial charge is 0.454 e. The molecule has 1 fully saturated rings. The molecule has 1 aliphatic carbocycles. The van der Waals surface area contributed by atoms with Gasteiger partial charge in [-0.25, -0.2) is 0 Å². The summed E-state index contributed by atoms with van der Waals surface area (Å²) < 4.78 is 10.7. The van der Waals surface area contributed by atoms with Gasteiger partial charge in [-0.2, -0.15) is 0 Å². The molecule has 3 heteroatoms. The molecule has 0 saturated heterocycles. The fourth-order valence-corrected chi connectivity index (χ4v) is 2.33. The van der Waals surface area contributed by atoms with Gasteiger partial charge in [-0.3, -0.25) is 0 Å². The first-order valence-electron chi connectivity index (χ1n) is 5.21. The highest BCUT2D eigenvalue weighted by atomic mass is 16.7. The van der Waals surface area contributed by atoms with E-state index in [0.29, 0.717) is 0 Å². The van der Waals surface area contributed by atoms with E-state index in [1.54, 1.807) is 0 Å². The lowest BCUT2D eigenvalue weighted by Crippen LogP contribution is -2.35. The van der Waals surface area contributed by atoms with Gasteiger partial charge in [0.05, 0.1) is 5.41 Å². The van der Waals surface area contributed by atoms with Gasteiger partial charge in [0.1, 0.15) is 6.29 Å². The molecule has 1 saturated carbocycles. The Morgan fingerprint density at radius 3 is 2.80 bits per heavy atom. The number of aldehydes is 1. The highest BCUT2D eigenvalue weighted by molar-refractivity contribution is 5.73. The lowest BCUT2D eigenvalue weighted by molar-refractivity contribution is -0.115. The molecule has 0 atom stereocenters. The molecule has 78 valence electrons. The zero-order valence-electron chi connectivity index (χ0n) is 8.36. The minimum Gasteiger partial charge on any atom is -0.454 e. The summed E-state index contributed by atoms with van der Waals surface area (Å²) in [5.74, 6) is 1.53. The van der Waals surface area contributed by atoms with Crippen molar-refractivity contribution in [2.75, 3.05) is 6.79 Å². The molecule has 0 spiro atoms. The molecule has 1 aromatic rings. The Morgan fingerprint density at radius 1 is 1.27 bits per heavy atom. The van der Waals surface area contributed by atoms with Gasteiger partial charge in [-0.05, 0) is 18.9 Å². The summed E-state index contributed by atoms with van der Waals surface area (Å²) in [5.41, 5.74) is 0.692. The Bertz CT molecular complexity index is 407. The summed E-state index contributed by atoms with van der Waals surface area (Å²) in [6.45, 7) is 0.265. The number of hydrogen-bond acceptors (Lipinski definition) is 3. The van der Waals surface area contributed by atoms with Crippen LogP contribution in [0.5, 0.6) is 11.5 Å². The number of carbonyl (C=O) groups is 1. The highest BCUT2D eigenvalue weighted by Gasteiger charge is 2.42. The van der Waals surface area contributed by atoms with Crippen LogP contribution in [0.1, 0.15) is 24.8 Å². The normalized spacial score (nSPS) is 20.8. The number of fused-ring (bicyclic) bond motifs is 1. The maximum absolute atomic E-state index is 11.2. The van der Waals surface area contributed by atoms with Crippen LogP contribution in [0, 0.1) is 0 Å². The van der Waals surface area contributed by atoms with Gasteiger partial charge in [-0.15, -0.1) is 0 Å². The second-order valence-corrected chi connectivity index (χ2v) is 4.17. The van der Waals surface area contributed by atoms with E-state index >= 15 is 0 Å². The summed E-state index contributed by atoms with van der Waals surface area (Å²) in [6.07, 6.45) is 4.03. The smallest absolute Gasteiger partial charge is 0.231 e. The molecule has 2 aliphatic rings. The van der Waals surface area contributed by atoms with Crippen LogP contribution in [-0.4, -0.2) is 13.1 Å². The second-order valence-electron chi connectivity index (χ2n) is 4.17. The van der Waals surface area contributed by atoms with E-state index in [1.807, 2.05) is 18.2 Å². The molecule has 3 nitrogen and oxygen atoms in total. The van der Waals surface area contributed by atoms with Crippen molar-refractivity contribution in [1.82, 2.24) is 0 Å². The molecule has 3 rings (SSSR count).